The van der Waals surface area contributed by atoms with E-state index >= 15 is 0 Å². The van der Waals surface area contributed by atoms with Crippen molar-refractivity contribution in [2.45, 2.75) is 13.3 Å². The standard InChI is InChI=1S/C24H21N5S/c1-2-16-8-6-7-11-19(16)27-23-22(17-9-4-3-5-10-17)29(24(30)28-23)18-12-13-20-21(14-18)26-15-25-20/h3-15,27H,2H2,1H3,(H,25,26)(H,28,30). The van der Waals surface area contributed by atoms with Crippen LogP contribution in [-0.2, 0) is 6.42 Å². The minimum atomic E-state index is 0.629. The lowest BCUT2D eigenvalue weighted by Gasteiger charge is -2.14. The molecule has 6 heteroatoms. The summed E-state index contributed by atoms with van der Waals surface area (Å²) in [7, 11) is 0. The third-order valence-corrected chi connectivity index (χ3v) is 5.55. The summed E-state index contributed by atoms with van der Waals surface area (Å²) in [5.41, 5.74) is 7.27. The van der Waals surface area contributed by atoms with E-state index < -0.39 is 0 Å². The summed E-state index contributed by atoms with van der Waals surface area (Å²) in [5.74, 6) is 0.872. The van der Waals surface area contributed by atoms with Crippen molar-refractivity contribution in [1.82, 2.24) is 19.5 Å². The van der Waals surface area contributed by atoms with Gasteiger partial charge in [0.2, 0.25) is 0 Å². The largest absolute Gasteiger partial charge is 0.345 e. The van der Waals surface area contributed by atoms with E-state index in [1.807, 2.05) is 36.4 Å². The fourth-order valence-electron chi connectivity index (χ4n) is 3.79. The smallest absolute Gasteiger partial charge is 0.183 e. The lowest BCUT2D eigenvalue weighted by Crippen LogP contribution is -2.00. The van der Waals surface area contributed by atoms with Crippen LogP contribution < -0.4 is 5.32 Å². The Morgan fingerprint density at radius 2 is 1.80 bits per heavy atom. The molecule has 5 aromatic rings. The van der Waals surface area contributed by atoms with E-state index in [0.717, 1.165) is 45.9 Å². The van der Waals surface area contributed by atoms with Crippen molar-refractivity contribution in [2.75, 3.05) is 5.32 Å². The van der Waals surface area contributed by atoms with Gasteiger partial charge in [-0.2, -0.15) is 0 Å². The number of anilines is 2. The van der Waals surface area contributed by atoms with Gasteiger partial charge < -0.3 is 15.3 Å². The predicted molar refractivity (Wildman–Crippen MR) is 125 cm³/mol. The Kier molecular flexibility index (Phi) is 4.69. The van der Waals surface area contributed by atoms with Crippen LogP contribution in [-0.4, -0.2) is 19.5 Å². The van der Waals surface area contributed by atoms with Crippen molar-refractivity contribution in [3.05, 3.63) is 89.5 Å². The third kappa shape index (κ3) is 3.21. The molecule has 0 fully saturated rings. The van der Waals surface area contributed by atoms with Gasteiger partial charge >= 0.3 is 0 Å². The molecule has 0 amide bonds. The Morgan fingerprint density at radius 1 is 1.00 bits per heavy atom. The number of fused-ring (bicyclic) bond motifs is 1. The first-order chi connectivity index (χ1) is 14.7. The number of benzene rings is 3. The number of rotatable bonds is 5. The molecule has 148 valence electrons. The SMILES string of the molecule is CCc1ccccc1Nc1[nH]c(=S)n(-c2ccc3nc[nH]c3c2)c1-c1ccccc1. The second-order valence-corrected chi connectivity index (χ2v) is 7.48. The maximum atomic E-state index is 5.76. The van der Waals surface area contributed by atoms with Gasteiger partial charge in [0.15, 0.2) is 4.77 Å². The predicted octanol–water partition coefficient (Wildman–Crippen LogP) is 6.38. The van der Waals surface area contributed by atoms with Crippen LogP contribution in [0.4, 0.5) is 11.5 Å². The number of aromatic nitrogens is 4. The number of aromatic amines is 2. The monoisotopic (exact) mass is 411 g/mol. The lowest BCUT2D eigenvalue weighted by molar-refractivity contribution is 1.04. The van der Waals surface area contributed by atoms with Crippen LogP contribution in [0.3, 0.4) is 0 Å². The highest BCUT2D eigenvalue weighted by molar-refractivity contribution is 7.71. The van der Waals surface area contributed by atoms with E-state index in [1.165, 1.54) is 5.56 Å². The van der Waals surface area contributed by atoms with Crippen molar-refractivity contribution >= 4 is 34.8 Å². The molecule has 0 bridgehead atoms. The fourth-order valence-corrected chi connectivity index (χ4v) is 4.09. The van der Waals surface area contributed by atoms with Gasteiger partial charge in [0, 0.05) is 11.3 Å². The minimum absolute atomic E-state index is 0.629. The van der Waals surface area contributed by atoms with Crippen molar-refractivity contribution in [1.29, 1.82) is 0 Å². The number of H-pyrrole nitrogens is 2. The first-order valence-corrected chi connectivity index (χ1v) is 10.3. The van der Waals surface area contributed by atoms with Crippen LogP contribution in [0.1, 0.15) is 12.5 Å². The Hall–Kier alpha value is -3.64. The summed E-state index contributed by atoms with van der Waals surface area (Å²) in [6.45, 7) is 2.16. The molecule has 0 saturated carbocycles. The average Bonchev–Trinajstić information content (AvgIpc) is 3.38. The van der Waals surface area contributed by atoms with Crippen LogP contribution >= 0.6 is 12.2 Å². The van der Waals surface area contributed by atoms with E-state index in [2.05, 4.69) is 68.2 Å². The van der Waals surface area contributed by atoms with Gasteiger partial charge in [-0.15, -0.1) is 0 Å². The topological polar surface area (TPSA) is 61.4 Å². The molecule has 0 atom stereocenters. The van der Waals surface area contributed by atoms with Gasteiger partial charge in [0.25, 0.3) is 0 Å². The van der Waals surface area contributed by atoms with Gasteiger partial charge in [-0.1, -0.05) is 55.5 Å². The number of nitrogens with one attached hydrogen (secondary N) is 3. The first-order valence-electron chi connectivity index (χ1n) is 9.93. The van der Waals surface area contributed by atoms with Crippen molar-refractivity contribution < 1.29 is 0 Å². The van der Waals surface area contributed by atoms with Crippen LogP contribution in [0.2, 0.25) is 0 Å². The summed E-state index contributed by atoms with van der Waals surface area (Å²) in [4.78, 5) is 10.9. The maximum Gasteiger partial charge on any atom is 0.183 e. The summed E-state index contributed by atoms with van der Waals surface area (Å²) in [6.07, 6.45) is 2.65. The molecule has 2 aromatic heterocycles. The summed E-state index contributed by atoms with van der Waals surface area (Å²) >= 11 is 5.76. The van der Waals surface area contributed by atoms with Gasteiger partial charge in [-0.3, -0.25) is 4.57 Å². The van der Waals surface area contributed by atoms with Gasteiger partial charge in [-0.05, 0) is 48.5 Å². The Labute approximate surface area is 179 Å². The zero-order chi connectivity index (χ0) is 20.5. The maximum absolute atomic E-state index is 5.76. The second-order valence-electron chi connectivity index (χ2n) is 7.09. The number of aryl methyl sites for hydroxylation is 1. The summed E-state index contributed by atoms with van der Waals surface area (Å²) in [5, 5.41) is 3.59. The molecule has 0 unspecified atom stereocenters. The van der Waals surface area contributed by atoms with Gasteiger partial charge in [0.1, 0.15) is 5.82 Å². The average molecular weight is 412 g/mol. The number of nitrogens with zero attached hydrogens (tertiary/aromatic N) is 2. The van der Waals surface area contributed by atoms with Gasteiger partial charge in [-0.25, -0.2) is 4.98 Å². The number of hydrogen-bond donors (Lipinski definition) is 3. The van der Waals surface area contributed by atoms with Crippen LogP contribution in [0.5, 0.6) is 0 Å². The molecule has 0 spiro atoms. The summed E-state index contributed by atoms with van der Waals surface area (Å²) < 4.78 is 2.70. The molecule has 2 heterocycles. The number of hydrogen-bond acceptors (Lipinski definition) is 3. The molecule has 3 aromatic carbocycles. The van der Waals surface area contributed by atoms with E-state index in [4.69, 9.17) is 12.2 Å². The quantitative estimate of drug-likeness (QED) is 0.294. The molecule has 0 aliphatic rings. The Balaban J connectivity index is 1.72. The minimum Gasteiger partial charge on any atom is -0.345 e. The second kappa shape index (κ2) is 7.65. The molecule has 0 aliphatic heterocycles. The van der Waals surface area contributed by atoms with E-state index in [9.17, 15) is 0 Å². The number of para-hydroxylation sites is 1. The molecule has 30 heavy (non-hydrogen) atoms. The molecular formula is C24H21N5S. The molecule has 0 radical (unpaired) electrons. The Bertz CT molecular complexity index is 1380. The number of imidazole rings is 2. The van der Waals surface area contributed by atoms with Crippen LogP contribution in [0.25, 0.3) is 28.0 Å². The molecule has 5 rings (SSSR count). The highest BCUT2D eigenvalue weighted by Gasteiger charge is 2.17. The van der Waals surface area contributed by atoms with Crippen LogP contribution in [0, 0.1) is 4.77 Å². The Morgan fingerprint density at radius 3 is 2.63 bits per heavy atom. The molecule has 5 nitrogen and oxygen atoms in total. The zero-order valence-electron chi connectivity index (χ0n) is 16.5. The van der Waals surface area contributed by atoms with Crippen molar-refractivity contribution in [2.24, 2.45) is 0 Å². The van der Waals surface area contributed by atoms with E-state index in [-0.39, 0.29) is 0 Å². The molecule has 0 saturated heterocycles. The summed E-state index contributed by atoms with van der Waals surface area (Å²) in [6, 6.07) is 24.8. The highest BCUT2D eigenvalue weighted by Crippen LogP contribution is 2.34. The van der Waals surface area contributed by atoms with Crippen molar-refractivity contribution in [3.8, 4) is 16.9 Å². The highest BCUT2D eigenvalue weighted by atomic mass is 32.1. The molecule has 0 aliphatic carbocycles. The van der Waals surface area contributed by atoms with Crippen LogP contribution in [0.15, 0.2) is 79.1 Å². The first kappa shape index (κ1) is 18.4. The van der Waals surface area contributed by atoms with Crippen molar-refractivity contribution in [3.63, 3.8) is 0 Å². The normalized spacial score (nSPS) is 11.1. The van der Waals surface area contributed by atoms with E-state index in [0.29, 0.717) is 4.77 Å². The van der Waals surface area contributed by atoms with E-state index in [1.54, 1.807) is 6.33 Å². The lowest BCUT2D eigenvalue weighted by atomic mass is 10.1. The molecule has 3 N–H and O–H groups in total. The fraction of sp³-hybridized carbons (Fsp3) is 0.0833. The van der Waals surface area contributed by atoms with Gasteiger partial charge in [0.05, 0.1) is 28.7 Å². The molecular weight excluding hydrogens is 390 g/mol. The zero-order valence-corrected chi connectivity index (χ0v) is 17.3. The third-order valence-electron chi connectivity index (χ3n) is 5.26.